The van der Waals surface area contributed by atoms with Gasteiger partial charge in [0.1, 0.15) is 0 Å². The summed E-state index contributed by atoms with van der Waals surface area (Å²) < 4.78 is 0. The predicted molar refractivity (Wildman–Crippen MR) is 49.2 cm³/mol. The molecule has 0 unspecified atom stereocenters. The third-order valence-electron chi connectivity index (χ3n) is 1.31. The van der Waals surface area contributed by atoms with Crippen molar-refractivity contribution in [3.63, 3.8) is 0 Å². The molecule has 1 aromatic rings. The Labute approximate surface area is 168 Å². The van der Waals surface area contributed by atoms with Crippen LogP contribution in [0.2, 0.25) is 0 Å². The second-order valence-electron chi connectivity index (χ2n) is 2.12. The second kappa shape index (κ2) is 12.2. The van der Waals surface area contributed by atoms with Crippen LogP contribution in [0, 0.1) is 37.9 Å². The van der Waals surface area contributed by atoms with E-state index in [-0.39, 0.29) is 98.1 Å². The molecule has 0 saturated heterocycles. The maximum Gasteiger partial charge on any atom is 0 e. The molecule has 0 amide bonds. The molecule has 3 radical (unpaired) electrons. The number of hydrogen-bond acceptors (Lipinski definition) is 0. The zero-order valence-corrected chi connectivity index (χ0v) is 16.7. The monoisotopic (exact) mass is 417 g/mol. The van der Waals surface area contributed by atoms with Crippen LogP contribution < -0.4 is 0 Å². The van der Waals surface area contributed by atoms with Crippen molar-refractivity contribution in [2.24, 2.45) is 0 Å². The van der Waals surface area contributed by atoms with Crippen LogP contribution >= 0.6 is 0 Å². The fourth-order valence-electron chi connectivity index (χ4n) is 0.779. The average molecular weight is 417 g/mol. The van der Waals surface area contributed by atoms with Gasteiger partial charge in [0.15, 0.2) is 0 Å². The van der Waals surface area contributed by atoms with E-state index in [0.717, 1.165) is 0 Å². The minimum atomic E-state index is 0. The van der Waals surface area contributed by atoms with Gasteiger partial charge < -0.3 is 60.2 Å². The van der Waals surface area contributed by atoms with Gasteiger partial charge in [-0.05, 0) is 0 Å². The number of rotatable bonds is 3. The molecule has 0 aromatic heterocycles. The molecule has 0 atom stereocenters. The Morgan fingerprint density at radius 2 is 0.800 bits per heavy atom. The fraction of sp³-hybridized carbons (Fsp3) is 0. The number of hydrogen-bond donors (Lipinski definition) is 0. The van der Waals surface area contributed by atoms with Crippen molar-refractivity contribution >= 4 is 18.2 Å². The van der Waals surface area contributed by atoms with Gasteiger partial charge in [0, 0.05) is 98.1 Å². The molecule has 0 heterocycles. The topological polar surface area (TPSA) is 0 Å². The largest absolute Gasteiger partial charge is 0.558 e. The fourth-order valence-corrected chi connectivity index (χ4v) is 0.779. The molecule has 69 valence electrons. The summed E-state index contributed by atoms with van der Waals surface area (Å²) in [6.45, 7) is 15.9. The van der Waals surface area contributed by atoms with Gasteiger partial charge in [-0.1, -0.05) is 0 Å². The molecule has 1 aromatic carbocycles. The molecular formula is C12H6Y3-6. The van der Waals surface area contributed by atoms with E-state index >= 15 is 0 Å². The summed E-state index contributed by atoms with van der Waals surface area (Å²) in [4.78, 5) is 0. The van der Waals surface area contributed by atoms with Crippen molar-refractivity contribution in [1.82, 2.24) is 0 Å². The van der Waals surface area contributed by atoms with Crippen LogP contribution in [0.15, 0.2) is 0 Å². The average Bonchev–Trinajstić information content (AvgIpc) is 2.16. The van der Waals surface area contributed by atoms with Crippen molar-refractivity contribution in [2.75, 3.05) is 0 Å². The van der Waals surface area contributed by atoms with Crippen LogP contribution in [-0.2, 0) is 98.1 Å². The van der Waals surface area contributed by atoms with Crippen molar-refractivity contribution in [3.8, 4) is 0 Å². The number of benzene rings is 1. The first-order valence-electron chi connectivity index (χ1n) is 3.37. The SMILES string of the molecule is [CH-]=Cc1[c-]c(C=[CH-])[c-]c(C=[CH-])[c-]1.[Y].[Y].[Y]. The van der Waals surface area contributed by atoms with Gasteiger partial charge in [-0.3, -0.25) is 12.7 Å². The van der Waals surface area contributed by atoms with Gasteiger partial charge in [-0.2, -0.15) is 0 Å². The van der Waals surface area contributed by atoms with Crippen LogP contribution in [0.25, 0.3) is 18.2 Å². The summed E-state index contributed by atoms with van der Waals surface area (Å²) in [5.41, 5.74) is 1.88. The zero-order chi connectivity index (χ0) is 8.97. The molecule has 1 rings (SSSR count). The molecule has 0 aliphatic heterocycles. The van der Waals surface area contributed by atoms with Crippen LogP contribution in [0.5, 0.6) is 0 Å². The van der Waals surface area contributed by atoms with Gasteiger partial charge in [0.05, 0.1) is 0 Å². The van der Waals surface area contributed by atoms with E-state index in [1.54, 1.807) is 0 Å². The maximum absolute atomic E-state index is 5.29. The molecule has 0 aliphatic carbocycles. The van der Waals surface area contributed by atoms with E-state index in [9.17, 15) is 0 Å². The van der Waals surface area contributed by atoms with Gasteiger partial charge in [-0.15, -0.1) is 0 Å². The molecular weight excluding hydrogens is 411 g/mol. The quantitative estimate of drug-likeness (QED) is 0.664. The van der Waals surface area contributed by atoms with Crippen LogP contribution in [0.4, 0.5) is 0 Å². The smallest absolute Gasteiger partial charge is 0 e. The molecule has 3 heteroatoms. The van der Waals surface area contributed by atoms with E-state index in [1.807, 2.05) is 0 Å². The van der Waals surface area contributed by atoms with Crippen LogP contribution in [0.3, 0.4) is 0 Å². The van der Waals surface area contributed by atoms with Gasteiger partial charge in [-0.25, -0.2) is 0 Å². The third-order valence-corrected chi connectivity index (χ3v) is 1.31. The summed E-state index contributed by atoms with van der Waals surface area (Å²) in [6, 6.07) is 8.61. The minimum absolute atomic E-state index is 0. The first-order chi connectivity index (χ1) is 5.80. The Bertz CT molecular complexity index is 265. The maximum atomic E-state index is 5.29. The molecule has 0 saturated carbocycles. The summed E-state index contributed by atoms with van der Waals surface area (Å²) >= 11 is 0. The molecule has 0 N–H and O–H groups in total. The second-order valence-corrected chi connectivity index (χ2v) is 2.12. The van der Waals surface area contributed by atoms with Crippen molar-refractivity contribution in [3.05, 3.63) is 54.6 Å². The Morgan fingerprint density at radius 3 is 0.933 bits per heavy atom. The van der Waals surface area contributed by atoms with E-state index in [1.165, 1.54) is 18.2 Å². The molecule has 0 nitrogen and oxygen atoms in total. The Kier molecular flexibility index (Phi) is 17.9. The predicted octanol–water partition coefficient (Wildman–Crippen LogP) is 2.42. The van der Waals surface area contributed by atoms with E-state index in [0.29, 0.717) is 16.7 Å². The van der Waals surface area contributed by atoms with Crippen LogP contribution in [0.1, 0.15) is 16.7 Å². The first kappa shape index (κ1) is 22.0. The standard InChI is InChI=1S/C12H6.3Y/c1-4-10-7-11(5-2)9-12(6-3)8-10;;;/h1-6H;;;/q-6;;;. The molecule has 0 bridgehead atoms. The van der Waals surface area contributed by atoms with E-state index in [2.05, 4.69) is 18.2 Å². The van der Waals surface area contributed by atoms with Crippen molar-refractivity contribution in [2.45, 2.75) is 0 Å². The van der Waals surface area contributed by atoms with E-state index in [4.69, 9.17) is 19.7 Å². The van der Waals surface area contributed by atoms with Crippen molar-refractivity contribution in [1.29, 1.82) is 0 Å². The van der Waals surface area contributed by atoms with E-state index < -0.39 is 0 Å². The van der Waals surface area contributed by atoms with Crippen LogP contribution in [-0.4, -0.2) is 0 Å². The Balaban J connectivity index is -0.000000480. The Hall–Kier alpha value is 1.75. The minimum Gasteiger partial charge on any atom is -0.558 e. The summed E-state index contributed by atoms with van der Waals surface area (Å²) in [5, 5.41) is 0. The normalized spacial score (nSPS) is 7.20. The summed E-state index contributed by atoms with van der Waals surface area (Å²) in [5.74, 6) is 0. The van der Waals surface area contributed by atoms with Gasteiger partial charge >= 0.3 is 0 Å². The first-order valence-corrected chi connectivity index (χ1v) is 3.37. The summed E-state index contributed by atoms with van der Waals surface area (Å²) in [6.07, 6.45) is 4.15. The van der Waals surface area contributed by atoms with Crippen molar-refractivity contribution < 1.29 is 98.1 Å². The summed E-state index contributed by atoms with van der Waals surface area (Å²) in [7, 11) is 0. The third kappa shape index (κ3) is 7.64. The molecule has 0 aliphatic rings. The van der Waals surface area contributed by atoms with Gasteiger partial charge in [0.2, 0.25) is 0 Å². The molecule has 15 heavy (non-hydrogen) atoms. The molecule has 0 fully saturated rings. The van der Waals surface area contributed by atoms with Gasteiger partial charge in [0.25, 0.3) is 0 Å². The molecule has 0 spiro atoms. The zero-order valence-electron chi connectivity index (χ0n) is 8.20. The Morgan fingerprint density at radius 1 is 0.600 bits per heavy atom.